The van der Waals surface area contributed by atoms with Crippen molar-refractivity contribution < 1.29 is 19.4 Å². The van der Waals surface area contributed by atoms with Gasteiger partial charge in [-0.15, -0.1) is 12.4 Å². The van der Waals surface area contributed by atoms with Crippen LogP contribution in [0.5, 0.6) is 11.5 Å². The zero-order chi connectivity index (χ0) is 17.8. The molecule has 6 nitrogen and oxygen atoms in total. The molecule has 1 aliphatic heterocycles. The molecule has 0 aromatic heterocycles. The van der Waals surface area contributed by atoms with Gasteiger partial charge in [-0.25, -0.2) is 0 Å². The Bertz CT molecular complexity index is 769. The molecular weight excluding hydrogens is 379 g/mol. The maximum absolute atomic E-state index is 12.2. The van der Waals surface area contributed by atoms with E-state index in [4.69, 9.17) is 26.8 Å². The van der Waals surface area contributed by atoms with Crippen LogP contribution in [0.25, 0.3) is 0 Å². The normalized spacial score (nSPS) is 13.5. The van der Waals surface area contributed by atoms with Gasteiger partial charge in [-0.3, -0.25) is 4.79 Å². The molecule has 3 rings (SSSR count). The Hall–Kier alpha value is -1.99. The van der Waals surface area contributed by atoms with E-state index in [1.807, 2.05) is 0 Å². The molecular formula is C18H20Cl2N2O4. The van der Waals surface area contributed by atoms with Crippen molar-refractivity contribution in [2.75, 3.05) is 19.8 Å². The molecule has 1 atom stereocenters. The lowest BCUT2D eigenvalue weighted by Gasteiger charge is -2.21. The van der Waals surface area contributed by atoms with E-state index < -0.39 is 6.10 Å². The summed E-state index contributed by atoms with van der Waals surface area (Å²) in [6, 6.07) is 10.3. The summed E-state index contributed by atoms with van der Waals surface area (Å²) >= 11 is 6.16. The molecule has 0 radical (unpaired) electrons. The smallest absolute Gasteiger partial charge is 0.251 e. The number of nitrogens with one attached hydrogen (secondary N) is 1. The minimum Gasteiger partial charge on any atom is -0.486 e. The second-order valence-electron chi connectivity index (χ2n) is 5.65. The number of fused-ring (bicyclic) bond motifs is 1. The topological polar surface area (TPSA) is 93.8 Å². The molecule has 0 bridgehead atoms. The molecule has 4 N–H and O–H groups in total. The fourth-order valence-electron chi connectivity index (χ4n) is 2.52. The van der Waals surface area contributed by atoms with Crippen LogP contribution in [0, 0.1) is 0 Å². The summed E-state index contributed by atoms with van der Waals surface area (Å²) in [7, 11) is 0. The number of rotatable bonds is 5. The third-order valence-electron chi connectivity index (χ3n) is 3.91. The molecule has 0 fully saturated rings. The van der Waals surface area contributed by atoms with Crippen LogP contribution in [0.2, 0.25) is 5.02 Å². The van der Waals surface area contributed by atoms with Crippen LogP contribution in [0.3, 0.4) is 0 Å². The highest BCUT2D eigenvalue weighted by molar-refractivity contribution is 6.32. The first-order valence-corrected chi connectivity index (χ1v) is 8.30. The standard InChI is InChI=1S/C18H19ClN2O4.ClH/c19-14-7-13(8-16-17(14)25-6-5-24-16)15(22)10-21-18(23)12-3-1-11(9-20)2-4-12;/h1-4,7-8,15,22H,5-6,9-10,20H2,(H,21,23);1H. The number of ether oxygens (including phenoxy) is 2. The van der Waals surface area contributed by atoms with Crippen LogP contribution in [-0.4, -0.2) is 30.8 Å². The molecule has 1 unspecified atom stereocenters. The van der Waals surface area contributed by atoms with E-state index in [2.05, 4.69) is 5.32 Å². The summed E-state index contributed by atoms with van der Waals surface area (Å²) in [5.41, 5.74) is 7.54. The number of hydrogen-bond acceptors (Lipinski definition) is 5. The van der Waals surface area contributed by atoms with Gasteiger partial charge >= 0.3 is 0 Å². The fourth-order valence-corrected chi connectivity index (χ4v) is 2.80. The van der Waals surface area contributed by atoms with Crippen molar-refractivity contribution in [1.82, 2.24) is 5.32 Å². The Morgan fingerprint density at radius 1 is 1.23 bits per heavy atom. The lowest BCUT2D eigenvalue weighted by Crippen LogP contribution is -2.28. The number of carbonyl (C=O) groups is 1. The average molecular weight is 399 g/mol. The van der Waals surface area contributed by atoms with Crippen molar-refractivity contribution in [3.63, 3.8) is 0 Å². The fraction of sp³-hybridized carbons (Fsp3) is 0.278. The number of nitrogens with two attached hydrogens (primary N) is 1. The Morgan fingerprint density at radius 2 is 1.92 bits per heavy atom. The molecule has 0 saturated carbocycles. The molecule has 26 heavy (non-hydrogen) atoms. The Morgan fingerprint density at radius 3 is 2.62 bits per heavy atom. The van der Waals surface area contributed by atoms with Gasteiger partial charge in [0.1, 0.15) is 13.2 Å². The van der Waals surface area contributed by atoms with Crippen molar-refractivity contribution >= 4 is 29.9 Å². The molecule has 0 spiro atoms. The van der Waals surface area contributed by atoms with Crippen molar-refractivity contribution in [1.29, 1.82) is 0 Å². The highest BCUT2D eigenvalue weighted by atomic mass is 35.5. The van der Waals surface area contributed by atoms with E-state index in [-0.39, 0.29) is 24.9 Å². The number of aliphatic hydroxyl groups excluding tert-OH is 1. The summed E-state index contributed by atoms with van der Waals surface area (Å²) in [6.07, 6.45) is -0.916. The van der Waals surface area contributed by atoms with Gasteiger partial charge in [0.25, 0.3) is 5.91 Å². The van der Waals surface area contributed by atoms with E-state index >= 15 is 0 Å². The quantitative estimate of drug-likeness (QED) is 0.718. The number of benzene rings is 2. The van der Waals surface area contributed by atoms with Gasteiger partial charge in [0.05, 0.1) is 11.1 Å². The third kappa shape index (κ3) is 4.59. The van der Waals surface area contributed by atoms with E-state index in [0.717, 1.165) is 5.56 Å². The first kappa shape index (κ1) is 20.3. The molecule has 1 amide bonds. The van der Waals surface area contributed by atoms with Crippen molar-refractivity contribution in [2.24, 2.45) is 5.73 Å². The molecule has 8 heteroatoms. The molecule has 2 aromatic carbocycles. The first-order valence-electron chi connectivity index (χ1n) is 7.93. The maximum atomic E-state index is 12.2. The predicted octanol–water partition coefficient (Wildman–Crippen LogP) is 2.46. The van der Waals surface area contributed by atoms with Crippen molar-refractivity contribution in [2.45, 2.75) is 12.6 Å². The second-order valence-corrected chi connectivity index (χ2v) is 6.06. The Kier molecular flexibility index (Phi) is 7.11. The zero-order valence-electron chi connectivity index (χ0n) is 13.9. The number of hydrogen-bond donors (Lipinski definition) is 3. The van der Waals surface area contributed by atoms with Gasteiger partial charge in [0, 0.05) is 18.7 Å². The van der Waals surface area contributed by atoms with Crippen LogP contribution in [-0.2, 0) is 6.54 Å². The van der Waals surface area contributed by atoms with Gasteiger partial charge in [-0.1, -0.05) is 23.7 Å². The highest BCUT2D eigenvalue weighted by Gasteiger charge is 2.20. The lowest BCUT2D eigenvalue weighted by molar-refractivity contribution is 0.0916. The van der Waals surface area contributed by atoms with Crippen molar-refractivity contribution in [3.05, 3.63) is 58.1 Å². The van der Waals surface area contributed by atoms with Crippen LogP contribution in [0.4, 0.5) is 0 Å². The summed E-state index contributed by atoms with van der Waals surface area (Å²) in [5, 5.41) is 13.4. The Balaban J connectivity index is 0.00000243. The van der Waals surface area contributed by atoms with Gasteiger partial charge in [0.2, 0.25) is 0 Å². The molecule has 2 aromatic rings. The van der Waals surface area contributed by atoms with Crippen LogP contribution >= 0.6 is 24.0 Å². The molecule has 1 heterocycles. The molecule has 140 valence electrons. The Labute approximate surface area is 162 Å². The molecule has 1 aliphatic rings. The minimum atomic E-state index is -0.916. The van der Waals surface area contributed by atoms with Gasteiger partial charge in [-0.05, 0) is 35.4 Å². The second kappa shape index (κ2) is 9.09. The summed E-state index contributed by atoms with van der Waals surface area (Å²) in [4.78, 5) is 12.2. The van der Waals surface area contributed by atoms with Crippen LogP contribution in [0.15, 0.2) is 36.4 Å². The highest BCUT2D eigenvalue weighted by Crippen LogP contribution is 2.39. The van der Waals surface area contributed by atoms with E-state index in [0.29, 0.717) is 47.4 Å². The number of carbonyl (C=O) groups excluding carboxylic acids is 1. The molecule has 0 aliphatic carbocycles. The predicted molar refractivity (Wildman–Crippen MR) is 101 cm³/mol. The zero-order valence-corrected chi connectivity index (χ0v) is 15.5. The third-order valence-corrected chi connectivity index (χ3v) is 4.19. The maximum Gasteiger partial charge on any atom is 0.251 e. The van der Waals surface area contributed by atoms with Crippen LogP contribution < -0.4 is 20.5 Å². The van der Waals surface area contributed by atoms with Gasteiger partial charge in [-0.2, -0.15) is 0 Å². The summed E-state index contributed by atoms with van der Waals surface area (Å²) < 4.78 is 10.9. The van der Waals surface area contributed by atoms with Crippen molar-refractivity contribution in [3.8, 4) is 11.5 Å². The number of amides is 1. The minimum absolute atomic E-state index is 0. The van der Waals surface area contributed by atoms with Gasteiger partial charge < -0.3 is 25.6 Å². The summed E-state index contributed by atoms with van der Waals surface area (Å²) in [6.45, 7) is 1.34. The lowest BCUT2D eigenvalue weighted by atomic mass is 10.1. The van der Waals surface area contributed by atoms with E-state index in [1.165, 1.54) is 0 Å². The van der Waals surface area contributed by atoms with Gasteiger partial charge in [0.15, 0.2) is 11.5 Å². The summed E-state index contributed by atoms with van der Waals surface area (Å²) in [5.74, 6) is 0.704. The average Bonchev–Trinajstić information content (AvgIpc) is 2.65. The SMILES string of the molecule is Cl.NCc1ccc(C(=O)NCC(O)c2cc(Cl)c3c(c2)OCCO3)cc1. The monoisotopic (exact) mass is 398 g/mol. The number of halogens is 2. The first-order chi connectivity index (χ1) is 12.1. The van der Waals surface area contributed by atoms with Crippen LogP contribution in [0.1, 0.15) is 27.6 Å². The molecule has 0 saturated heterocycles. The van der Waals surface area contributed by atoms with E-state index in [1.54, 1.807) is 36.4 Å². The largest absolute Gasteiger partial charge is 0.486 e. The number of aliphatic hydroxyl groups is 1. The van der Waals surface area contributed by atoms with E-state index in [9.17, 15) is 9.90 Å².